The summed E-state index contributed by atoms with van der Waals surface area (Å²) in [5.74, 6) is -0.559. The second-order valence-corrected chi connectivity index (χ2v) is 9.80. The summed E-state index contributed by atoms with van der Waals surface area (Å²) in [5, 5.41) is 11.4. The molecule has 0 aliphatic carbocycles. The molecule has 0 saturated heterocycles. The molecule has 0 bridgehead atoms. The van der Waals surface area contributed by atoms with Crippen molar-refractivity contribution in [3.8, 4) is 11.1 Å². The molecule has 15 heteroatoms. The minimum Gasteiger partial charge on any atom is -0.330 e. The van der Waals surface area contributed by atoms with Gasteiger partial charge in [0, 0.05) is 18.7 Å². The van der Waals surface area contributed by atoms with E-state index in [1.165, 1.54) is 26.1 Å². The van der Waals surface area contributed by atoms with Crippen LogP contribution >= 0.6 is 0 Å². The first-order valence-electron chi connectivity index (χ1n) is 12.4. The first kappa shape index (κ1) is 31.5. The van der Waals surface area contributed by atoms with Crippen molar-refractivity contribution in [2.45, 2.75) is 45.5 Å². The highest BCUT2D eigenvalue weighted by Gasteiger charge is 2.37. The summed E-state index contributed by atoms with van der Waals surface area (Å²) in [4.78, 5) is 14.1. The van der Waals surface area contributed by atoms with Crippen molar-refractivity contribution in [1.82, 2.24) is 20.2 Å². The second-order valence-electron chi connectivity index (χ2n) is 9.80. The number of alkyl halides is 9. The van der Waals surface area contributed by atoms with Crippen molar-refractivity contribution in [3.05, 3.63) is 93.5 Å². The van der Waals surface area contributed by atoms with Crippen LogP contribution in [0.1, 0.15) is 50.7 Å². The molecule has 6 nitrogen and oxygen atoms in total. The van der Waals surface area contributed by atoms with Crippen molar-refractivity contribution >= 4 is 11.7 Å². The molecule has 0 aliphatic rings. The quantitative estimate of drug-likeness (QED) is 0.158. The van der Waals surface area contributed by atoms with Crippen LogP contribution in [0.5, 0.6) is 0 Å². The van der Waals surface area contributed by atoms with Crippen molar-refractivity contribution in [1.29, 1.82) is 0 Å². The summed E-state index contributed by atoms with van der Waals surface area (Å²) < 4.78 is 122. The summed E-state index contributed by atoms with van der Waals surface area (Å²) >= 11 is 0. The van der Waals surface area contributed by atoms with E-state index in [4.69, 9.17) is 0 Å². The Hall–Kier alpha value is -4.43. The molecule has 0 amide bonds. The average Bonchev–Trinajstić information content (AvgIpc) is 3.33. The van der Waals surface area contributed by atoms with Gasteiger partial charge in [-0.3, -0.25) is 4.79 Å². The third-order valence-corrected chi connectivity index (χ3v) is 6.53. The zero-order valence-electron chi connectivity index (χ0n) is 22.7. The lowest BCUT2D eigenvalue weighted by molar-refractivity contribution is -0.143. The molecule has 0 radical (unpaired) electrons. The summed E-state index contributed by atoms with van der Waals surface area (Å²) in [6.07, 6.45) is -15.0. The Bertz CT molecular complexity index is 1620. The monoisotopic (exact) mass is 615 g/mol. The van der Waals surface area contributed by atoms with Gasteiger partial charge in [0.2, 0.25) is 0 Å². The number of benzene rings is 3. The summed E-state index contributed by atoms with van der Waals surface area (Å²) in [6, 6.07) is 8.53. The fourth-order valence-electron chi connectivity index (χ4n) is 4.43. The van der Waals surface area contributed by atoms with E-state index in [-0.39, 0.29) is 34.5 Å². The number of carbonyl (C=O) groups excluding carboxylic acids is 1. The minimum absolute atomic E-state index is 0.00546. The molecule has 228 valence electrons. The number of hydrogen-bond donors (Lipinski definition) is 0. The van der Waals surface area contributed by atoms with E-state index < -0.39 is 53.9 Å². The summed E-state index contributed by atoms with van der Waals surface area (Å²) in [7, 11) is 1.35. The molecule has 4 aromatic rings. The molecule has 3 aromatic carbocycles. The van der Waals surface area contributed by atoms with Crippen molar-refractivity contribution < 1.29 is 44.3 Å². The predicted molar refractivity (Wildman–Crippen MR) is 137 cm³/mol. The number of Topliss-reactive ketones (excluding diaryl/α,β-unsaturated/α-hetero) is 1. The number of aromatic nitrogens is 4. The number of nitrogens with zero attached hydrogens (tertiary/aromatic N) is 5. The number of hydrogen-bond acceptors (Lipinski definition) is 5. The Balaban J connectivity index is 1.89. The normalized spacial score (nSPS) is 12.5. The lowest BCUT2D eigenvalue weighted by Crippen LogP contribution is -2.25. The predicted octanol–water partition coefficient (Wildman–Crippen LogP) is 7.65. The van der Waals surface area contributed by atoms with Crippen LogP contribution in [0.2, 0.25) is 0 Å². The molecule has 0 unspecified atom stereocenters. The molecule has 0 N–H and O–H groups in total. The van der Waals surface area contributed by atoms with Crippen LogP contribution in [0.15, 0.2) is 54.6 Å². The van der Waals surface area contributed by atoms with Gasteiger partial charge in [0.1, 0.15) is 0 Å². The number of aryl methyl sites for hydroxylation is 2. The largest absolute Gasteiger partial charge is 0.416 e. The SMILES string of the molecule is CC(=O)c1ccc(C)c(-c2ccc(C(F)(F)F)cc2CN(Cc2cc(C(F)(F)F)cc(C(F)(F)F)c2)c2nnn(C)n2)c1. The van der Waals surface area contributed by atoms with Crippen LogP contribution in [0, 0.1) is 6.92 Å². The molecular formula is C28H22F9N5O. The maximum atomic E-state index is 13.8. The maximum Gasteiger partial charge on any atom is 0.416 e. The Morgan fingerprint density at radius 1 is 0.767 bits per heavy atom. The Morgan fingerprint density at radius 3 is 1.88 bits per heavy atom. The molecule has 0 atom stereocenters. The first-order valence-corrected chi connectivity index (χ1v) is 12.4. The van der Waals surface area contributed by atoms with E-state index in [1.54, 1.807) is 19.1 Å². The van der Waals surface area contributed by atoms with Crippen molar-refractivity contribution in [2.24, 2.45) is 7.05 Å². The Kier molecular flexibility index (Phi) is 8.31. The van der Waals surface area contributed by atoms with Crippen molar-refractivity contribution in [2.75, 3.05) is 4.90 Å². The third kappa shape index (κ3) is 7.32. The van der Waals surface area contributed by atoms with E-state index in [9.17, 15) is 44.3 Å². The number of rotatable bonds is 7. The highest BCUT2D eigenvalue weighted by atomic mass is 19.4. The van der Waals surface area contributed by atoms with Gasteiger partial charge in [0.05, 0.1) is 23.7 Å². The summed E-state index contributed by atoms with van der Waals surface area (Å²) in [6.45, 7) is 1.85. The van der Waals surface area contributed by atoms with Gasteiger partial charge >= 0.3 is 18.5 Å². The lowest BCUT2D eigenvalue weighted by Gasteiger charge is -2.25. The Labute approximate surface area is 238 Å². The van der Waals surface area contributed by atoms with Gasteiger partial charge in [0.15, 0.2) is 5.78 Å². The van der Waals surface area contributed by atoms with Crippen LogP contribution in [0.4, 0.5) is 45.5 Å². The zero-order chi connectivity index (χ0) is 31.9. The van der Waals surface area contributed by atoms with Crippen molar-refractivity contribution in [3.63, 3.8) is 0 Å². The zero-order valence-corrected chi connectivity index (χ0v) is 22.7. The topological polar surface area (TPSA) is 63.9 Å². The lowest BCUT2D eigenvalue weighted by atomic mass is 9.92. The van der Waals surface area contributed by atoms with E-state index in [0.717, 1.165) is 21.8 Å². The first-order chi connectivity index (χ1) is 19.8. The standard InChI is InChI=1S/C28H22F9N5O/c1-15-4-5-18(16(2)43)11-24(15)23-7-6-20(26(29,30)31)10-19(23)14-42(25-38-40-41(3)39-25)13-17-8-21(27(32,33)34)12-22(9-17)28(35,36)37/h4-12H,13-14H2,1-3H3. The fourth-order valence-corrected chi connectivity index (χ4v) is 4.43. The molecular weight excluding hydrogens is 593 g/mol. The molecule has 0 spiro atoms. The van der Waals surface area contributed by atoms with E-state index >= 15 is 0 Å². The molecule has 0 fully saturated rings. The smallest absolute Gasteiger partial charge is 0.330 e. The highest BCUT2D eigenvalue weighted by molar-refractivity contribution is 5.95. The summed E-state index contributed by atoms with van der Waals surface area (Å²) in [5.41, 5.74) is -3.07. The van der Waals surface area contributed by atoms with Crippen LogP contribution < -0.4 is 4.90 Å². The van der Waals surface area contributed by atoms with Crippen LogP contribution in [-0.4, -0.2) is 26.0 Å². The maximum absolute atomic E-state index is 13.8. The minimum atomic E-state index is -5.11. The molecule has 0 aliphatic heterocycles. The van der Waals surface area contributed by atoms with Gasteiger partial charge in [-0.25, -0.2) is 0 Å². The van der Waals surface area contributed by atoms with E-state index in [1.807, 2.05) is 0 Å². The fraction of sp³-hybridized carbons (Fsp3) is 0.286. The van der Waals surface area contributed by atoms with E-state index in [2.05, 4.69) is 15.4 Å². The van der Waals surface area contributed by atoms with Crippen LogP contribution in [-0.2, 0) is 38.7 Å². The third-order valence-electron chi connectivity index (χ3n) is 6.53. The number of ketones is 1. The molecule has 0 saturated carbocycles. The molecule has 43 heavy (non-hydrogen) atoms. The number of halogens is 9. The number of tetrazole rings is 1. The van der Waals surface area contributed by atoms with Crippen LogP contribution in [0.25, 0.3) is 11.1 Å². The Morgan fingerprint density at radius 2 is 1.37 bits per heavy atom. The number of carbonyl (C=O) groups is 1. The highest BCUT2D eigenvalue weighted by Crippen LogP contribution is 2.38. The van der Waals surface area contributed by atoms with E-state index in [0.29, 0.717) is 23.3 Å². The molecule has 1 aromatic heterocycles. The van der Waals surface area contributed by atoms with Gasteiger partial charge in [-0.15, -0.1) is 5.10 Å². The van der Waals surface area contributed by atoms with Crippen LogP contribution in [0.3, 0.4) is 0 Å². The second kappa shape index (κ2) is 11.3. The van der Waals surface area contributed by atoms with Gasteiger partial charge in [-0.1, -0.05) is 23.3 Å². The van der Waals surface area contributed by atoms with Gasteiger partial charge < -0.3 is 4.90 Å². The molecule has 1 heterocycles. The molecule has 4 rings (SSSR count). The van der Waals surface area contributed by atoms with Gasteiger partial charge in [-0.05, 0) is 83.3 Å². The average molecular weight is 615 g/mol. The van der Waals surface area contributed by atoms with Gasteiger partial charge in [0.25, 0.3) is 5.95 Å². The number of anilines is 1. The van der Waals surface area contributed by atoms with Gasteiger partial charge in [-0.2, -0.15) is 44.3 Å².